The number of carboxylic acid groups (broad SMARTS) is 1. The van der Waals surface area contributed by atoms with Crippen molar-refractivity contribution < 1.29 is 9.90 Å². The highest BCUT2D eigenvalue weighted by atomic mass is 16.4. The molecule has 0 aromatic carbocycles. The Morgan fingerprint density at radius 2 is 2.16 bits per heavy atom. The number of carboxylic acids is 1. The van der Waals surface area contributed by atoms with Gasteiger partial charge in [-0.3, -0.25) is 4.79 Å². The molecule has 1 aliphatic rings. The molecule has 106 valence electrons. The average molecular weight is 266 g/mol. The lowest BCUT2D eigenvalue weighted by atomic mass is 9.88. The van der Waals surface area contributed by atoms with Crippen LogP contribution in [0.3, 0.4) is 0 Å². The monoisotopic (exact) mass is 266 g/mol. The van der Waals surface area contributed by atoms with Crippen LogP contribution in [0.15, 0.2) is 0 Å². The molecule has 0 spiro atoms. The molecule has 1 fully saturated rings. The highest BCUT2D eigenvalue weighted by Gasteiger charge is 2.26. The van der Waals surface area contributed by atoms with Crippen LogP contribution in [0.2, 0.25) is 0 Å². The first-order valence-corrected chi connectivity index (χ1v) is 7.22. The van der Waals surface area contributed by atoms with Crippen molar-refractivity contribution in [3.63, 3.8) is 0 Å². The molecule has 1 aliphatic carbocycles. The predicted molar refractivity (Wildman–Crippen MR) is 69.8 cm³/mol. The molecule has 1 aromatic heterocycles. The van der Waals surface area contributed by atoms with Crippen molar-refractivity contribution in [3.05, 3.63) is 5.82 Å². The Morgan fingerprint density at radius 3 is 2.79 bits per heavy atom. The molecule has 1 heterocycles. The molecule has 2 rings (SSSR count). The third-order valence-electron chi connectivity index (χ3n) is 3.87. The third kappa shape index (κ3) is 3.52. The minimum absolute atomic E-state index is 0.0958. The molecule has 0 bridgehead atoms. The van der Waals surface area contributed by atoms with Gasteiger partial charge in [0.05, 0.1) is 12.5 Å². The third-order valence-corrected chi connectivity index (χ3v) is 3.87. The first-order valence-electron chi connectivity index (χ1n) is 7.22. The Kier molecular flexibility index (Phi) is 4.87. The summed E-state index contributed by atoms with van der Waals surface area (Å²) in [6, 6.07) is -0.116. The van der Waals surface area contributed by atoms with E-state index >= 15 is 0 Å². The van der Waals surface area contributed by atoms with Gasteiger partial charge in [0.15, 0.2) is 5.82 Å². The van der Waals surface area contributed by atoms with Crippen LogP contribution in [0, 0.1) is 0 Å². The molecule has 1 aromatic rings. The molecule has 1 saturated carbocycles. The van der Waals surface area contributed by atoms with Gasteiger partial charge < -0.3 is 5.11 Å². The van der Waals surface area contributed by atoms with E-state index in [1.165, 1.54) is 19.3 Å². The van der Waals surface area contributed by atoms with E-state index in [4.69, 9.17) is 5.11 Å². The summed E-state index contributed by atoms with van der Waals surface area (Å²) >= 11 is 0. The normalized spacial score (nSPS) is 18.4. The number of carbonyl (C=O) groups is 1. The molecule has 0 aliphatic heterocycles. The summed E-state index contributed by atoms with van der Waals surface area (Å²) in [6.45, 7) is 2.06. The molecule has 0 saturated heterocycles. The van der Waals surface area contributed by atoms with Gasteiger partial charge in [-0.25, -0.2) is 4.68 Å². The van der Waals surface area contributed by atoms with Gasteiger partial charge >= 0.3 is 5.97 Å². The largest absolute Gasteiger partial charge is 0.481 e. The summed E-state index contributed by atoms with van der Waals surface area (Å²) in [4.78, 5) is 11.0. The standard InChI is InChI=1S/C13H22N4O2/c1-2-6-11(9-12(18)19)17-13(14-15-16-17)10-7-4-3-5-8-10/h10-11H,2-9H2,1H3,(H,18,19). The van der Waals surface area contributed by atoms with Crippen molar-refractivity contribution in [3.8, 4) is 0 Å². The molecule has 0 radical (unpaired) electrons. The molecular weight excluding hydrogens is 244 g/mol. The van der Waals surface area contributed by atoms with Gasteiger partial charge in [0.1, 0.15) is 0 Å². The van der Waals surface area contributed by atoms with Crippen molar-refractivity contribution in [1.82, 2.24) is 20.2 Å². The minimum Gasteiger partial charge on any atom is -0.481 e. The Bertz CT molecular complexity index is 413. The average Bonchev–Trinajstić information content (AvgIpc) is 2.88. The number of hydrogen-bond acceptors (Lipinski definition) is 4. The Balaban J connectivity index is 2.17. The highest BCUT2D eigenvalue weighted by molar-refractivity contribution is 5.67. The van der Waals surface area contributed by atoms with E-state index < -0.39 is 5.97 Å². The van der Waals surface area contributed by atoms with Crippen LogP contribution in [-0.4, -0.2) is 31.3 Å². The minimum atomic E-state index is -0.788. The van der Waals surface area contributed by atoms with Crippen LogP contribution >= 0.6 is 0 Å². The lowest BCUT2D eigenvalue weighted by Crippen LogP contribution is -2.20. The van der Waals surface area contributed by atoms with Gasteiger partial charge in [-0.05, 0) is 29.7 Å². The fraction of sp³-hybridized carbons (Fsp3) is 0.846. The van der Waals surface area contributed by atoms with Crippen molar-refractivity contribution in [2.24, 2.45) is 0 Å². The number of nitrogens with zero attached hydrogens (tertiary/aromatic N) is 4. The molecule has 6 nitrogen and oxygen atoms in total. The SMILES string of the molecule is CCCC(CC(=O)O)n1nnnc1C1CCCCC1. The summed E-state index contributed by atoms with van der Waals surface area (Å²) < 4.78 is 1.77. The number of tetrazole rings is 1. The van der Waals surface area contributed by atoms with Gasteiger partial charge in [-0.1, -0.05) is 32.6 Å². The second-order valence-corrected chi connectivity index (χ2v) is 5.36. The molecular formula is C13H22N4O2. The fourth-order valence-corrected chi connectivity index (χ4v) is 2.94. The maximum absolute atomic E-state index is 11.0. The number of rotatable bonds is 6. The zero-order valence-electron chi connectivity index (χ0n) is 11.5. The van der Waals surface area contributed by atoms with Gasteiger partial charge in [0.25, 0.3) is 0 Å². The van der Waals surface area contributed by atoms with Crippen molar-refractivity contribution in [2.45, 2.75) is 70.3 Å². The zero-order chi connectivity index (χ0) is 13.7. The Morgan fingerprint density at radius 1 is 1.42 bits per heavy atom. The lowest BCUT2D eigenvalue weighted by Gasteiger charge is -2.23. The number of aromatic nitrogens is 4. The van der Waals surface area contributed by atoms with Gasteiger partial charge in [0.2, 0.25) is 0 Å². The van der Waals surface area contributed by atoms with Crippen molar-refractivity contribution in [2.75, 3.05) is 0 Å². The Hall–Kier alpha value is -1.46. The predicted octanol–water partition coefficient (Wildman–Crippen LogP) is 2.54. The number of aliphatic carboxylic acids is 1. The van der Waals surface area contributed by atoms with E-state index in [0.29, 0.717) is 5.92 Å². The molecule has 1 unspecified atom stereocenters. The first-order chi connectivity index (χ1) is 9.22. The molecule has 6 heteroatoms. The van der Waals surface area contributed by atoms with Crippen LogP contribution < -0.4 is 0 Å². The van der Waals surface area contributed by atoms with E-state index in [-0.39, 0.29) is 12.5 Å². The van der Waals surface area contributed by atoms with Gasteiger partial charge in [-0.15, -0.1) is 5.10 Å². The van der Waals surface area contributed by atoms with Crippen LogP contribution in [0.5, 0.6) is 0 Å². The quantitative estimate of drug-likeness (QED) is 0.855. The van der Waals surface area contributed by atoms with Gasteiger partial charge in [-0.2, -0.15) is 0 Å². The summed E-state index contributed by atoms with van der Waals surface area (Å²) in [5.74, 6) is 0.500. The zero-order valence-corrected chi connectivity index (χ0v) is 11.5. The second-order valence-electron chi connectivity index (χ2n) is 5.36. The van der Waals surface area contributed by atoms with E-state index in [0.717, 1.165) is 31.5 Å². The lowest BCUT2D eigenvalue weighted by molar-refractivity contribution is -0.138. The molecule has 19 heavy (non-hydrogen) atoms. The van der Waals surface area contributed by atoms with E-state index in [9.17, 15) is 4.79 Å². The summed E-state index contributed by atoms with van der Waals surface area (Å²) in [5, 5.41) is 21.0. The van der Waals surface area contributed by atoms with Crippen LogP contribution in [0.1, 0.15) is 76.1 Å². The maximum Gasteiger partial charge on any atom is 0.305 e. The van der Waals surface area contributed by atoms with Crippen molar-refractivity contribution in [1.29, 1.82) is 0 Å². The number of hydrogen-bond donors (Lipinski definition) is 1. The molecule has 1 atom stereocenters. The second kappa shape index (κ2) is 6.63. The molecule has 1 N–H and O–H groups in total. The highest BCUT2D eigenvalue weighted by Crippen LogP contribution is 2.33. The van der Waals surface area contributed by atoms with E-state index in [2.05, 4.69) is 22.4 Å². The summed E-state index contributed by atoms with van der Waals surface area (Å²) in [7, 11) is 0. The Labute approximate surface area is 113 Å². The first kappa shape index (κ1) is 14.0. The topological polar surface area (TPSA) is 80.9 Å². The van der Waals surface area contributed by atoms with Crippen LogP contribution in [0.4, 0.5) is 0 Å². The van der Waals surface area contributed by atoms with Crippen LogP contribution in [0.25, 0.3) is 0 Å². The van der Waals surface area contributed by atoms with E-state index in [1.807, 2.05) is 0 Å². The maximum atomic E-state index is 11.0. The molecule has 0 amide bonds. The summed E-state index contributed by atoms with van der Waals surface area (Å²) in [5.41, 5.74) is 0. The summed E-state index contributed by atoms with van der Waals surface area (Å²) in [6.07, 6.45) is 7.78. The van der Waals surface area contributed by atoms with Crippen LogP contribution in [-0.2, 0) is 4.79 Å². The van der Waals surface area contributed by atoms with Gasteiger partial charge in [0, 0.05) is 5.92 Å². The van der Waals surface area contributed by atoms with Crippen molar-refractivity contribution >= 4 is 5.97 Å². The smallest absolute Gasteiger partial charge is 0.305 e. The fourth-order valence-electron chi connectivity index (χ4n) is 2.94. The van der Waals surface area contributed by atoms with E-state index in [1.54, 1.807) is 4.68 Å².